The number of halogens is 1. The highest BCUT2D eigenvalue weighted by Crippen LogP contribution is 2.21. The number of carbonyl (C=O) groups excluding carboxylic acids is 1. The Morgan fingerprint density at radius 1 is 1.08 bits per heavy atom. The van der Waals surface area contributed by atoms with Gasteiger partial charge in [-0.1, -0.05) is 52.4 Å². The molecule has 2 aromatic rings. The highest BCUT2D eigenvalue weighted by Gasteiger charge is 2.01. The summed E-state index contributed by atoms with van der Waals surface area (Å²) in [5, 5.41) is 0. The fraction of sp³-hybridized carbons (Fsp3) is 0.0952. The first-order valence-electron chi connectivity index (χ1n) is 7.56. The molecule has 0 unspecified atom stereocenters. The van der Waals surface area contributed by atoms with Gasteiger partial charge in [0.25, 0.3) is 0 Å². The summed E-state index contributed by atoms with van der Waals surface area (Å²) in [4.78, 5) is 12.0. The van der Waals surface area contributed by atoms with Crippen molar-refractivity contribution in [3.8, 4) is 5.75 Å². The number of benzene rings is 2. The molecule has 122 valence electrons. The molecule has 2 aromatic carbocycles. The van der Waals surface area contributed by atoms with Crippen LogP contribution in [0.4, 0.5) is 0 Å². The first-order valence-corrected chi connectivity index (χ1v) is 8.35. The number of rotatable bonds is 7. The van der Waals surface area contributed by atoms with Crippen LogP contribution in [0.3, 0.4) is 0 Å². The number of ketones is 1. The maximum Gasteiger partial charge on any atom is 0.178 e. The number of ether oxygens (including phenoxy) is 1. The van der Waals surface area contributed by atoms with Crippen molar-refractivity contribution < 1.29 is 9.53 Å². The van der Waals surface area contributed by atoms with E-state index in [0.717, 1.165) is 33.3 Å². The monoisotopic (exact) mass is 382 g/mol. The molecule has 0 saturated carbocycles. The van der Waals surface area contributed by atoms with Gasteiger partial charge in [-0.15, -0.1) is 6.58 Å². The third-order valence-corrected chi connectivity index (χ3v) is 3.95. The van der Waals surface area contributed by atoms with Crippen LogP contribution in [0.1, 0.15) is 16.7 Å². The Labute approximate surface area is 151 Å². The standard InChI is InChI=1S/C21H19BrO2/c1-3-4-18-15-17(9-14-21(18)24-2)8-13-20(23)12-7-16-5-10-19(22)11-6-16/h3,5-15H,1,4H2,2H3/b12-7+,13-8+. The quantitative estimate of drug-likeness (QED) is 0.467. The Bertz CT molecular complexity index is 771. The van der Waals surface area contributed by atoms with Gasteiger partial charge in [0.2, 0.25) is 0 Å². The van der Waals surface area contributed by atoms with Gasteiger partial charge >= 0.3 is 0 Å². The molecule has 0 heterocycles. The Kier molecular flexibility index (Phi) is 6.76. The van der Waals surface area contributed by atoms with Gasteiger partial charge in [-0.2, -0.15) is 0 Å². The molecule has 0 aliphatic heterocycles. The summed E-state index contributed by atoms with van der Waals surface area (Å²) in [6.45, 7) is 3.75. The fourth-order valence-electron chi connectivity index (χ4n) is 2.20. The minimum absolute atomic E-state index is 0.0565. The van der Waals surface area contributed by atoms with E-state index in [1.165, 1.54) is 0 Å². The molecule has 24 heavy (non-hydrogen) atoms. The number of methoxy groups -OCH3 is 1. The first kappa shape index (κ1) is 18.0. The van der Waals surface area contributed by atoms with Crippen molar-refractivity contribution in [3.05, 3.63) is 88.4 Å². The highest BCUT2D eigenvalue weighted by atomic mass is 79.9. The Hall–Kier alpha value is -2.39. The lowest BCUT2D eigenvalue weighted by molar-refractivity contribution is -0.110. The molecular weight excluding hydrogens is 364 g/mol. The molecule has 0 spiro atoms. The summed E-state index contributed by atoms with van der Waals surface area (Å²) in [6, 6.07) is 13.6. The van der Waals surface area contributed by atoms with E-state index >= 15 is 0 Å². The molecule has 0 radical (unpaired) electrons. The lowest BCUT2D eigenvalue weighted by Crippen LogP contribution is -1.92. The van der Waals surface area contributed by atoms with E-state index in [0.29, 0.717) is 0 Å². The molecule has 0 aromatic heterocycles. The van der Waals surface area contributed by atoms with E-state index in [2.05, 4.69) is 22.5 Å². The normalized spacial score (nSPS) is 11.1. The highest BCUT2D eigenvalue weighted by molar-refractivity contribution is 9.10. The smallest absolute Gasteiger partial charge is 0.178 e. The first-order chi connectivity index (χ1) is 11.6. The van der Waals surface area contributed by atoms with Crippen molar-refractivity contribution in [3.63, 3.8) is 0 Å². The number of allylic oxidation sites excluding steroid dienone is 3. The predicted molar refractivity (Wildman–Crippen MR) is 104 cm³/mol. The van der Waals surface area contributed by atoms with Crippen molar-refractivity contribution in [2.75, 3.05) is 7.11 Å². The van der Waals surface area contributed by atoms with Gasteiger partial charge in [-0.05, 0) is 59.5 Å². The fourth-order valence-corrected chi connectivity index (χ4v) is 2.47. The van der Waals surface area contributed by atoms with E-state index in [4.69, 9.17) is 4.74 Å². The molecule has 2 rings (SSSR count). The molecule has 0 aliphatic carbocycles. The number of hydrogen-bond donors (Lipinski definition) is 0. The lowest BCUT2D eigenvalue weighted by Gasteiger charge is -2.07. The molecule has 0 amide bonds. The molecular formula is C21H19BrO2. The average molecular weight is 383 g/mol. The van der Waals surface area contributed by atoms with Crippen LogP contribution in [-0.2, 0) is 11.2 Å². The summed E-state index contributed by atoms with van der Waals surface area (Å²) in [5.41, 5.74) is 2.99. The summed E-state index contributed by atoms with van der Waals surface area (Å²) in [7, 11) is 1.65. The van der Waals surface area contributed by atoms with Gasteiger partial charge in [0.15, 0.2) is 5.78 Å². The van der Waals surface area contributed by atoms with Gasteiger partial charge in [-0.3, -0.25) is 4.79 Å². The van der Waals surface area contributed by atoms with E-state index in [1.54, 1.807) is 31.4 Å². The molecule has 0 bridgehead atoms. The van der Waals surface area contributed by atoms with Crippen LogP contribution in [0.2, 0.25) is 0 Å². The Morgan fingerprint density at radius 3 is 2.33 bits per heavy atom. The zero-order chi connectivity index (χ0) is 17.4. The van der Waals surface area contributed by atoms with Crippen molar-refractivity contribution in [1.29, 1.82) is 0 Å². The zero-order valence-electron chi connectivity index (χ0n) is 13.5. The number of carbonyl (C=O) groups is 1. The lowest BCUT2D eigenvalue weighted by atomic mass is 10.1. The van der Waals surface area contributed by atoms with Crippen molar-refractivity contribution >= 4 is 33.9 Å². The second-order valence-corrected chi connectivity index (χ2v) is 6.10. The molecule has 0 fully saturated rings. The van der Waals surface area contributed by atoms with Crippen LogP contribution >= 0.6 is 15.9 Å². The van der Waals surface area contributed by atoms with E-state index in [-0.39, 0.29) is 5.78 Å². The molecule has 0 N–H and O–H groups in total. The second-order valence-electron chi connectivity index (χ2n) is 5.18. The predicted octanol–water partition coefficient (Wildman–Crippen LogP) is 5.48. The van der Waals surface area contributed by atoms with Gasteiger partial charge < -0.3 is 4.74 Å². The second kappa shape index (κ2) is 9.04. The van der Waals surface area contributed by atoms with Crippen LogP contribution in [0, 0.1) is 0 Å². The zero-order valence-corrected chi connectivity index (χ0v) is 15.1. The summed E-state index contributed by atoms with van der Waals surface area (Å²) >= 11 is 3.39. The van der Waals surface area contributed by atoms with E-state index in [9.17, 15) is 4.79 Å². The third-order valence-electron chi connectivity index (χ3n) is 3.42. The topological polar surface area (TPSA) is 26.3 Å². The van der Waals surface area contributed by atoms with Crippen LogP contribution in [0.15, 0.2) is 71.7 Å². The largest absolute Gasteiger partial charge is 0.496 e. The van der Waals surface area contributed by atoms with E-state index < -0.39 is 0 Å². The van der Waals surface area contributed by atoms with Crippen LogP contribution in [0.5, 0.6) is 5.75 Å². The number of hydrogen-bond acceptors (Lipinski definition) is 2. The third kappa shape index (κ3) is 5.36. The minimum Gasteiger partial charge on any atom is -0.496 e. The van der Waals surface area contributed by atoms with Crippen molar-refractivity contribution in [2.24, 2.45) is 0 Å². The maximum absolute atomic E-state index is 12.0. The summed E-state index contributed by atoms with van der Waals surface area (Å²) < 4.78 is 6.34. The van der Waals surface area contributed by atoms with Crippen molar-refractivity contribution in [2.45, 2.75) is 6.42 Å². The van der Waals surface area contributed by atoms with Gasteiger partial charge in [0.1, 0.15) is 5.75 Å². The minimum atomic E-state index is -0.0565. The maximum atomic E-state index is 12.0. The van der Waals surface area contributed by atoms with Gasteiger partial charge in [0.05, 0.1) is 7.11 Å². The Balaban J connectivity index is 2.06. The van der Waals surface area contributed by atoms with Crippen LogP contribution in [-0.4, -0.2) is 12.9 Å². The molecule has 2 nitrogen and oxygen atoms in total. The van der Waals surface area contributed by atoms with Crippen LogP contribution in [0.25, 0.3) is 12.2 Å². The molecule has 3 heteroatoms. The van der Waals surface area contributed by atoms with Crippen LogP contribution < -0.4 is 4.74 Å². The van der Waals surface area contributed by atoms with Crippen molar-refractivity contribution in [1.82, 2.24) is 0 Å². The molecule has 0 saturated heterocycles. The summed E-state index contributed by atoms with van der Waals surface area (Å²) in [6.07, 6.45) is 9.29. The van der Waals surface area contributed by atoms with Gasteiger partial charge in [-0.25, -0.2) is 0 Å². The SMILES string of the molecule is C=CCc1cc(/C=C/C(=O)/C=C/c2ccc(Br)cc2)ccc1OC. The Morgan fingerprint density at radius 2 is 1.71 bits per heavy atom. The van der Waals surface area contributed by atoms with Gasteiger partial charge in [0, 0.05) is 4.47 Å². The molecule has 0 aliphatic rings. The average Bonchev–Trinajstić information content (AvgIpc) is 2.60. The van der Waals surface area contributed by atoms with E-state index in [1.807, 2.05) is 48.5 Å². The molecule has 0 atom stereocenters. The summed E-state index contributed by atoms with van der Waals surface area (Å²) in [5.74, 6) is 0.771.